The lowest BCUT2D eigenvalue weighted by Crippen LogP contribution is -2.08. The third-order valence-electron chi connectivity index (χ3n) is 6.39. The summed E-state index contributed by atoms with van der Waals surface area (Å²) in [5.41, 5.74) is 7.16. The predicted molar refractivity (Wildman–Crippen MR) is 149 cm³/mol. The molecule has 0 amide bonds. The second-order valence-corrected chi connectivity index (χ2v) is 9.09. The fourth-order valence-electron chi connectivity index (χ4n) is 4.59. The number of fused-ring (bicyclic) bond motifs is 2. The molecule has 0 radical (unpaired) electrons. The van der Waals surface area contributed by atoms with Crippen molar-refractivity contribution < 1.29 is 0 Å². The molecule has 0 unspecified atom stereocenters. The topological polar surface area (TPSA) is 127 Å². The van der Waals surface area contributed by atoms with Crippen LogP contribution in [0.5, 0.6) is 0 Å². The van der Waals surface area contributed by atoms with Crippen molar-refractivity contribution in [2.45, 2.75) is 19.9 Å². The Morgan fingerprint density at radius 3 is 2.51 bits per heavy atom. The van der Waals surface area contributed by atoms with Crippen molar-refractivity contribution in [3.05, 3.63) is 95.8 Å². The second kappa shape index (κ2) is 9.93. The van der Waals surface area contributed by atoms with Crippen LogP contribution in [0.1, 0.15) is 24.1 Å². The summed E-state index contributed by atoms with van der Waals surface area (Å²) in [7, 11) is 0. The maximum absolute atomic E-state index is 6.08. The first-order valence-corrected chi connectivity index (χ1v) is 12.0. The van der Waals surface area contributed by atoms with Gasteiger partial charge in [0.15, 0.2) is 5.65 Å². The number of aromatic amines is 1. The van der Waals surface area contributed by atoms with Crippen molar-refractivity contribution in [1.29, 1.82) is 0 Å². The van der Waals surface area contributed by atoms with E-state index in [0.717, 1.165) is 55.3 Å². The van der Waals surface area contributed by atoms with Gasteiger partial charge in [0.25, 0.3) is 0 Å². The number of nitrogens with one attached hydrogen (secondary N) is 2. The van der Waals surface area contributed by atoms with E-state index in [4.69, 9.17) is 16.6 Å². The first-order chi connectivity index (χ1) is 17.6. The molecule has 8 nitrogen and oxygen atoms in total. The summed E-state index contributed by atoms with van der Waals surface area (Å²) in [4.78, 5) is 25.9. The zero-order chi connectivity index (χ0) is 24.6. The van der Waals surface area contributed by atoms with Gasteiger partial charge >= 0.3 is 0 Å². The zero-order valence-electron chi connectivity index (χ0n) is 20.4. The van der Waals surface area contributed by atoms with Crippen LogP contribution in [-0.4, -0.2) is 29.9 Å². The maximum Gasteiger partial charge on any atom is 0.161 e. The van der Waals surface area contributed by atoms with Crippen LogP contribution in [-0.2, 0) is 0 Å². The standard InChI is InChI=1S/C28H22ClN7.H3N/c1-16-5-10-21-20(11-13-31-27(21)36-17(2)18-6-8-19(29)9-7-18)23(16)24-22(4-3-12-30-24)25-26-28(34-14-32-25)35-15-33-26;/h3-15,17H,1-2H3,(H,31,36)(H,32,33,34,35);1H3/t17-;/m1./s1. The molecular weight excluding hydrogens is 484 g/mol. The molecule has 0 spiro atoms. The minimum Gasteiger partial charge on any atom is -0.363 e. The molecule has 9 heteroatoms. The van der Waals surface area contributed by atoms with Crippen LogP contribution in [0.15, 0.2) is 79.6 Å². The summed E-state index contributed by atoms with van der Waals surface area (Å²) in [6.07, 6.45) is 6.82. The molecule has 37 heavy (non-hydrogen) atoms. The minimum atomic E-state index is 0. The second-order valence-electron chi connectivity index (χ2n) is 8.65. The Morgan fingerprint density at radius 1 is 0.838 bits per heavy atom. The molecule has 0 saturated carbocycles. The molecule has 2 aromatic carbocycles. The van der Waals surface area contributed by atoms with Crippen molar-refractivity contribution in [3.63, 3.8) is 0 Å². The molecule has 6 aromatic rings. The molecule has 5 N–H and O–H groups in total. The van der Waals surface area contributed by atoms with E-state index in [0.29, 0.717) is 11.2 Å². The van der Waals surface area contributed by atoms with E-state index in [1.165, 1.54) is 0 Å². The van der Waals surface area contributed by atoms with Crippen LogP contribution in [0.25, 0.3) is 44.5 Å². The number of nitrogens with zero attached hydrogens (tertiary/aromatic N) is 5. The summed E-state index contributed by atoms with van der Waals surface area (Å²) in [5.74, 6) is 0.811. The van der Waals surface area contributed by atoms with Gasteiger partial charge in [0.2, 0.25) is 0 Å². The van der Waals surface area contributed by atoms with E-state index >= 15 is 0 Å². The lowest BCUT2D eigenvalue weighted by molar-refractivity contribution is 0.877. The molecule has 0 aliphatic heterocycles. The molecular formula is C28H25ClN8. The molecule has 0 fully saturated rings. The third kappa shape index (κ3) is 4.37. The van der Waals surface area contributed by atoms with E-state index in [-0.39, 0.29) is 12.2 Å². The van der Waals surface area contributed by atoms with Gasteiger partial charge in [-0.25, -0.2) is 19.9 Å². The molecule has 4 aromatic heterocycles. The highest BCUT2D eigenvalue weighted by atomic mass is 35.5. The van der Waals surface area contributed by atoms with Crippen LogP contribution >= 0.6 is 11.6 Å². The molecule has 184 valence electrons. The van der Waals surface area contributed by atoms with Gasteiger partial charge in [-0.2, -0.15) is 0 Å². The first-order valence-electron chi connectivity index (χ1n) is 11.6. The van der Waals surface area contributed by atoms with Crippen LogP contribution < -0.4 is 11.5 Å². The number of anilines is 1. The molecule has 0 aliphatic carbocycles. The van der Waals surface area contributed by atoms with E-state index in [1.807, 2.05) is 54.9 Å². The van der Waals surface area contributed by atoms with Crippen molar-refractivity contribution in [2.24, 2.45) is 0 Å². The number of aryl methyl sites for hydroxylation is 1. The Morgan fingerprint density at radius 2 is 1.68 bits per heavy atom. The van der Waals surface area contributed by atoms with Gasteiger partial charge in [-0.1, -0.05) is 35.9 Å². The van der Waals surface area contributed by atoms with Gasteiger partial charge in [-0.3, -0.25) is 4.98 Å². The smallest absolute Gasteiger partial charge is 0.161 e. The van der Waals surface area contributed by atoms with Gasteiger partial charge in [0, 0.05) is 40.0 Å². The Balaban J connectivity index is 0.00000280. The molecule has 1 atom stereocenters. The number of benzene rings is 2. The highest BCUT2D eigenvalue weighted by molar-refractivity contribution is 6.30. The van der Waals surface area contributed by atoms with Crippen LogP contribution in [0, 0.1) is 6.92 Å². The average molecular weight is 509 g/mol. The number of aromatic nitrogens is 6. The summed E-state index contributed by atoms with van der Waals surface area (Å²) >= 11 is 6.08. The summed E-state index contributed by atoms with van der Waals surface area (Å²) in [6, 6.07) is 18.1. The predicted octanol–water partition coefficient (Wildman–Crippen LogP) is 6.93. The highest BCUT2D eigenvalue weighted by Gasteiger charge is 2.19. The van der Waals surface area contributed by atoms with Crippen LogP contribution in [0.3, 0.4) is 0 Å². The van der Waals surface area contributed by atoms with Crippen molar-refractivity contribution in [2.75, 3.05) is 5.32 Å². The number of imidazole rings is 1. The van der Waals surface area contributed by atoms with Gasteiger partial charge < -0.3 is 16.5 Å². The number of hydrogen-bond acceptors (Lipinski definition) is 7. The Kier molecular flexibility index (Phi) is 6.52. The molecule has 0 bridgehead atoms. The van der Waals surface area contributed by atoms with Crippen molar-refractivity contribution in [3.8, 4) is 22.5 Å². The SMILES string of the molecule is Cc1ccc2c(N[C@H](C)c3ccc(Cl)cc3)nccc2c1-c1ncccc1-c1ncnc2[nH]cnc12.N. The van der Waals surface area contributed by atoms with Gasteiger partial charge in [0.1, 0.15) is 23.4 Å². The maximum atomic E-state index is 6.08. The lowest BCUT2D eigenvalue weighted by Gasteiger charge is -2.19. The van der Waals surface area contributed by atoms with Crippen LogP contribution in [0.2, 0.25) is 5.02 Å². The Labute approximate surface area is 218 Å². The quantitative estimate of drug-likeness (QED) is 0.230. The first kappa shape index (κ1) is 24.3. The zero-order valence-corrected chi connectivity index (χ0v) is 21.2. The Hall–Kier alpha value is -4.40. The number of halogens is 1. The van der Waals surface area contributed by atoms with Gasteiger partial charge in [-0.05, 0) is 60.7 Å². The van der Waals surface area contributed by atoms with Crippen LogP contribution in [0.4, 0.5) is 5.82 Å². The number of rotatable bonds is 5. The van der Waals surface area contributed by atoms with Crippen molar-refractivity contribution in [1.82, 2.24) is 36.1 Å². The fourth-order valence-corrected chi connectivity index (χ4v) is 4.72. The normalized spacial score (nSPS) is 11.9. The monoisotopic (exact) mass is 508 g/mol. The molecule has 6 rings (SSSR count). The van der Waals surface area contributed by atoms with Gasteiger partial charge in [-0.15, -0.1) is 0 Å². The summed E-state index contributed by atoms with van der Waals surface area (Å²) < 4.78 is 0. The summed E-state index contributed by atoms with van der Waals surface area (Å²) in [5, 5.41) is 6.37. The number of H-pyrrole nitrogens is 1. The largest absolute Gasteiger partial charge is 0.363 e. The molecule has 0 aliphatic rings. The number of pyridine rings is 2. The van der Waals surface area contributed by atoms with Gasteiger partial charge in [0.05, 0.1) is 12.0 Å². The number of hydrogen-bond donors (Lipinski definition) is 3. The van der Waals surface area contributed by atoms with Crippen molar-refractivity contribution >= 4 is 39.4 Å². The molecule has 0 saturated heterocycles. The third-order valence-corrected chi connectivity index (χ3v) is 6.65. The van der Waals surface area contributed by atoms with E-state index in [1.54, 1.807) is 12.7 Å². The summed E-state index contributed by atoms with van der Waals surface area (Å²) in [6.45, 7) is 4.21. The average Bonchev–Trinajstić information content (AvgIpc) is 3.38. The highest BCUT2D eigenvalue weighted by Crippen LogP contribution is 2.39. The van der Waals surface area contributed by atoms with E-state index in [2.05, 4.69) is 56.2 Å². The lowest BCUT2D eigenvalue weighted by atomic mass is 9.93. The Bertz CT molecular complexity index is 1710. The molecule has 4 heterocycles. The fraction of sp³-hybridized carbons (Fsp3) is 0.107. The van der Waals surface area contributed by atoms with E-state index in [9.17, 15) is 0 Å². The minimum absolute atomic E-state index is 0. The van der Waals surface area contributed by atoms with E-state index < -0.39 is 0 Å².